The summed E-state index contributed by atoms with van der Waals surface area (Å²) in [5.41, 5.74) is 0. The summed E-state index contributed by atoms with van der Waals surface area (Å²) in [6.07, 6.45) is 9.36. The Kier molecular flexibility index (Phi) is 11.9. The Balaban J connectivity index is 3.08. The SMILES string of the molecule is CCCCCCC[C@H](C)NCCCOC. The summed E-state index contributed by atoms with van der Waals surface area (Å²) in [5, 5.41) is 3.53. The van der Waals surface area contributed by atoms with Crippen molar-refractivity contribution in [2.45, 2.75) is 64.8 Å². The molecule has 1 atom stereocenters. The molecule has 0 aromatic rings. The maximum atomic E-state index is 5.01. The van der Waals surface area contributed by atoms with E-state index in [0.717, 1.165) is 19.6 Å². The van der Waals surface area contributed by atoms with E-state index < -0.39 is 0 Å². The van der Waals surface area contributed by atoms with E-state index in [1.54, 1.807) is 7.11 Å². The van der Waals surface area contributed by atoms with Crippen molar-refractivity contribution < 1.29 is 4.74 Å². The minimum absolute atomic E-state index is 0.670. The summed E-state index contributed by atoms with van der Waals surface area (Å²) < 4.78 is 5.01. The van der Waals surface area contributed by atoms with Crippen LogP contribution in [0.5, 0.6) is 0 Å². The van der Waals surface area contributed by atoms with Crippen LogP contribution in [0.15, 0.2) is 0 Å². The smallest absolute Gasteiger partial charge is 0.0474 e. The Morgan fingerprint density at radius 1 is 1.07 bits per heavy atom. The van der Waals surface area contributed by atoms with Crippen LogP contribution >= 0.6 is 0 Å². The van der Waals surface area contributed by atoms with Gasteiger partial charge in [-0.05, 0) is 26.3 Å². The molecule has 0 fully saturated rings. The van der Waals surface area contributed by atoms with Gasteiger partial charge >= 0.3 is 0 Å². The highest BCUT2D eigenvalue weighted by Crippen LogP contribution is 2.06. The lowest BCUT2D eigenvalue weighted by molar-refractivity contribution is 0.193. The topological polar surface area (TPSA) is 21.3 Å². The van der Waals surface area contributed by atoms with E-state index in [0.29, 0.717) is 6.04 Å². The zero-order chi connectivity index (χ0) is 11.4. The molecular weight excluding hydrogens is 186 g/mol. The van der Waals surface area contributed by atoms with Crippen LogP contribution in [0.4, 0.5) is 0 Å². The van der Waals surface area contributed by atoms with E-state index in [-0.39, 0.29) is 0 Å². The molecule has 0 unspecified atom stereocenters. The number of rotatable bonds is 11. The van der Waals surface area contributed by atoms with Crippen molar-refractivity contribution in [1.82, 2.24) is 5.32 Å². The maximum absolute atomic E-state index is 5.01. The first-order chi connectivity index (χ1) is 7.31. The molecule has 0 heterocycles. The molecule has 92 valence electrons. The van der Waals surface area contributed by atoms with E-state index in [4.69, 9.17) is 4.74 Å². The molecule has 0 saturated carbocycles. The first kappa shape index (κ1) is 14.9. The zero-order valence-electron chi connectivity index (χ0n) is 10.8. The summed E-state index contributed by atoms with van der Waals surface area (Å²) in [6, 6.07) is 0.670. The summed E-state index contributed by atoms with van der Waals surface area (Å²) in [6.45, 7) is 6.51. The Morgan fingerprint density at radius 2 is 1.80 bits per heavy atom. The fraction of sp³-hybridized carbons (Fsp3) is 1.00. The molecule has 0 aliphatic carbocycles. The number of hydrogen-bond acceptors (Lipinski definition) is 2. The summed E-state index contributed by atoms with van der Waals surface area (Å²) in [4.78, 5) is 0. The van der Waals surface area contributed by atoms with Crippen molar-refractivity contribution in [1.29, 1.82) is 0 Å². The molecule has 0 spiro atoms. The largest absolute Gasteiger partial charge is 0.385 e. The van der Waals surface area contributed by atoms with Crippen molar-refractivity contribution in [3.63, 3.8) is 0 Å². The molecule has 2 nitrogen and oxygen atoms in total. The van der Waals surface area contributed by atoms with Gasteiger partial charge in [-0.2, -0.15) is 0 Å². The van der Waals surface area contributed by atoms with Crippen LogP contribution in [0, 0.1) is 0 Å². The lowest BCUT2D eigenvalue weighted by Crippen LogP contribution is -2.27. The highest BCUT2D eigenvalue weighted by atomic mass is 16.5. The van der Waals surface area contributed by atoms with Gasteiger partial charge in [0.25, 0.3) is 0 Å². The van der Waals surface area contributed by atoms with Crippen LogP contribution < -0.4 is 5.32 Å². The Labute approximate surface area is 95.8 Å². The van der Waals surface area contributed by atoms with Crippen LogP contribution in [-0.4, -0.2) is 26.3 Å². The highest BCUT2D eigenvalue weighted by Gasteiger charge is 1.99. The van der Waals surface area contributed by atoms with Crippen molar-refractivity contribution in [3.05, 3.63) is 0 Å². The van der Waals surface area contributed by atoms with Gasteiger partial charge in [0.15, 0.2) is 0 Å². The van der Waals surface area contributed by atoms with E-state index in [1.807, 2.05) is 0 Å². The minimum atomic E-state index is 0.670. The zero-order valence-corrected chi connectivity index (χ0v) is 10.8. The number of unbranched alkanes of at least 4 members (excludes halogenated alkanes) is 4. The standard InChI is InChI=1S/C13H29NO/c1-4-5-6-7-8-10-13(2)14-11-9-12-15-3/h13-14H,4-12H2,1-3H3/t13-/m0/s1. The lowest BCUT2D eigenvalue weighted by atomic mass is 10.1. The van der Waals surface area contributed by atoms with Gasteiger partial charge in [-0.25, -0.2) is 0 Å². The molecule has 0 bridgehead atoms. The van der Waals surface area contributed by atoms with Crippen LogP contribution in [0.25, 0.3) is 0 Å². The van der Waals surface area contributed by atoms with E-state index in [1.165, 1.54) is 38.5 Å². The predicted molar refractivity (Wildman–Crippen MR) is 67.3 cm³/mol. The molecular formula is C13H29NO. The quantitative estimate of drug-likeness (QED) is 0.534. The molecule has 0 rings (SSSR count). The highest BCUT2D eigenvalue weighted by molar-refractivity contribution is 4.60. The van der Waals surface area contributed by atoms with E-state index in [2.05, 4.69) is 19.2 Å². The summed E-state index contributed by atoms with van der Waals surface area (Å²) in [5.74, 6) is 0. The molecule has 0 aliphatic rings. The van der Waals surface area contributed by atoms with Gasteiger partial charge < -0.3 is 10.1 Å². The number of ether oxygens (including phenoxy) is 1. The molecule has 1 N–H and O–H groups in total. The fourth-order valence-electron chi connectivity index (χ4n) is 1.72. The summed E-state index contributed by atoms with van der Waals surface area (Å²) in [7, 11) is 1.76. The van der Waals surface area contributed by atoms with E-state index >= 15 is 0 Å². The van der Waals surface area contributed by atoms with Gasteiger partial charge in [0.05, 0.1) is 0 Å². The van der Waals surface area contributed by atoms with Gasteiger partial charge in [-0.3, -0.25) is 0 Å². The fourth-order valence-corrected chi connectivity index (χ4v) is 1.72. The lowest BCUT2D eigenvalue weighted by Gasteiger charge is -2.13. The molecule has 0 aromatic heterocycles. The molecule has 15 heavy (non-hydrogen) atoms. The first-order valence-corrected chi connectivity index (χ1v) is 6.53. The third kappa shape index (κ3) is 11.8. The number of nitrogens with one attached hydrogen (secondary N) is 1. The molecule has 2 heteroatoms. The van der Waals surface area contributed by atoms with Crippen LogP contribution in [0.1, 0.15) is 58.8 Å². The second kappa shape index (κ2) is 12.0. The van der Waals surface area contributed by atoms with Crippen LogP contribution in [-0.2, 0) is 4.74 Å². The first-order valence-electron chi connectivity index (χ1n) is 6.53. The second-order valence-electron chi connectivity index (χ2n) is 4.40. The Hall–Kier alpha value is -0.0800. The van der Waals surface area contributed by atoms with Crippen molar-refractivity contribution in [2.75, 3.05) is 20.3 Å². The third-order valence-electron chi connectivity index (χ3n) is 2.76. The maximum Gasteiger partial charge on any atom is 0.0474 e. The number of methoxy groups -OCH3 is 1. The molecule has 0 aliphatic heterocycles. The van der Waals surface area contributed by atoms with Crippen LogP contribution in [0.2, 0.25) is 0 Å². The number of hydrogen-bond donors (Lipinski definition) is 1. The molecule has 0 amide bonds. The van der Waals surface area contributed by atoms with Crippen molar-refractivity contribution in [3.8, 4) is 0 Å². The minimum Gasteiger partial charge on any atom is -0.385 e. The van der Waals surface area contributed by atoms with E-state index in [9.17, 15) is 0 Å². The van der Waals surface area contributed by atoms with Gasteiger partial charge in [0.1, 0.15) is 0 Å². The van der Waals surface area contributed by atoms with Gasteiger partial charge in [-0.1, -0.05) is 39.0 Å². The Bertz CT molecular complexity index is 117. The van der Waals surface area contributed by atoms with Gasteiger partial charge in [-0.15, -0.1) is 0 Å². The monoisotopic (exact) mass is 215 g/mol. The average molecular weight is 215 g/mol. The van der Waals surface area contributed by atoms with Crippen molar-refractivity contribution in [2.24, 2.45) is 0 Å². The van der Waals surface area contributed by atoms with Crippen molar-refractivity contribution >= 4 is 0 Å². The van der Waals surface area contributed by atoms with Gasteiger partial charge in [0.2, 0.25) is 0 Å². The molecule has 0 saturated heterocycles. The second-order valence-corrected chi connectivity index (χ2v) is 4.40. The average Bonchev–Trinajstić information content (AvgIpc) is 2.24. The predicted octanol–water partition coefficient (Wildman–Crippen LogP) is 3.36. The normalized spacial score (nSPS) is 13.0. The third-order valence-corrected chi connectivity index (χ3v) is 2.76. The Morgan fingerprint density at radius 3 is 2.47 bits per heavy atom. The molecule has 0 aromatic carbocycles. The molecule has 0 radical (unpaired) electrons. The van der Waals surface area contributed by atoms with Gasteiger partial charge in [0, 0.05) is 19.8 Å². The van der Waals surface area contributed by atoms with Crippen LogP contribution in [0.3, 0.4) is 0 Å². The summed E-state index contributed by atoms with van der Waals surface area (Å²) >= 11 is 0.